The summed E-state index contributed by atoms with van der Waals surface area (Å²) in [7, 11) is 0. The molecule has 1 N–H and O–H groups in total. The standard InChI is InChI=1S/C9H12N2O2/c1-3-6-5-10-7(4-2)8(11-6)9(12)13/h5H,3-4H2,1-2H3,(H,12,13). The van der Waals surface area contributed by atoms with Crippen molar-refractivity contribution in [2.45, 2.75) is 26.7 Å². The number of rotatable bonds is 3. The molecule has 0 bridgehead atoms. The van der Waals surface area contributed by atoms with Crippen LogP contribution in [-0.2, 0) is 12.8 Å². The Morgan fingerprint density at radius 3 is 2.62 bits per heavy atom. The molecule has 0 fully saturated rings. The molecule has 4 nitrogen and oxygen atoms in total. The number of aryl methyl sites for hydroxylation is 2. The van der Waals surface area contributed by atoms with E-state index in [0.717, 1.165) is 5.69 Å². The van der Waals surface area contributed by atoms with Crippen LogP contribution in [0.15, 0.2) is 6.20 Å². The van der Waals surface area contributed by atoms with Gasteiger partial charge in [0, 0.05) is 6.20 Å². The second kappa shape index (κ2) is 3.98. The Morgan fingerprint density at radius 2 is 2.15 bits per heavy atom. The molecule has 0 aliphatic carbocycles. The lowest BCUT2D eigenvalue weighted by Crippen LogP contribution is -2.09. The lowest BCUT2D eigenvalue weighted by Gasteiger charge is -2.02. The Bertz CT molecular complexity index is 323. The van der Waals surface area contributed by atoms with Crippen molar-refractivity contribution >= 4 is 5.97 Å². The number of hydrogen-bond donors (Lipinski definition) is 1. The highest BCUT2D eigenvalue weighted by Crippen LogP contribution is 2.05. The topological polar surface area (TPSA) is 63.1 Å². The minimum absolute atomic E-state index is 0.0850. The molecule has 1 aromatic heterocycles. The van der Waals surface area contributed by atoms with Gasteiger partial charge in [0.1, 0.15) is 0 Å². The van der Waals surface area contributed by atoms with Crippen LogP contribution in [0, 0.1) is 0 Å². The Morgan fingerprint density at radius 1 is 1.46 bits per heavy atom. The molecule has 1 rings (SSSR count). The van der Waals surface area contributed by atoms with Gasteiger partial charge in [0.05, 0.1) is 11.4 Å². The molecule has 0 radical (unpaired) electrons. The first kappa shape index (κ1) is 9.64. The van der Waals surface area contributed by atoms with Gasteiger partial charge in [-0.1, -0.05) is 13.8 Å². The van der Waals surface area contributed by atoms with Gasteiger partial charge >= 0.3 is 5.97 Å². The highest BCUT2D eigenvalue weighted by atomic mass is 16.4. The third-order valence-electron chi connectivity index (χ3n) is 1.80. The van der Waals surface area contributed by atoms with Gasteiger partial charge < -0.3 is 5.11 Å². The van der Waals surface area contributed by atoms with Crippen LogP contribution in [0.5, 0.6) is 0 Å². The van der Waals surface area contributed by atoms with Crippen LogP contribution in [-0.4, -0.2) is 21.0 Å². The third kappa shape index (κ3) is 2.02. The summed E-state index contributed by atoms with van der Waals surface area (Å²) < 4.78 is 0. The van der Waals surface area contributed by atoms with E-state index in [9.17, 15) is 4.79 Å². The average Bonchev–Trinajstić information content (AvgIpc) is 2.16. The first-order valence-electron chi connectivity index (χ1n) is 4.27. The second-order valence-corrected chi connectivity index (χ2v) is 2.67. The smallest absolute Gasteiger partial charge is 0.356 e. The van der Waals surface area contributed by atoms with Crippen LogP contribution in [0.1, 0.15) is 35.7 Å². The molecular weight excluding hydrogens is 168 g/mol. The zero-order chi connectivity index (χ0) is 9.84. The van der Waals surface area contributed by atoms with E-state index in [1.54, 1.807) is 6.20 Å². The van der Waals surface area contributed by atoms with Gasteiger partial charge in [-0.2, -0.15) is 0 Å². The van der Waals surface area contributed by atoms with Gasteiger partial charge in [0.25, 0.3) is 0 Å². The number of carbonyl (C=O) groups is 1. The SMILES string of the molecule is CCc1cnc(CC)c(C(=O)O)n1. The van der Waals surface area contributed by atoms with Gasteiger partial charge in [-0.3, -0.25) is 4.98 Å². The van der Waals surface area contributed by atoms with Crippen molar-refractivity contribution in [3.63, 3.8) is 0 Å². The monoisotopic (exact) mass is 180 g/mol. The number of hydrogen-bond acceptors (Lipinski definition) is 3. The number of aromatic nitrogens is 2. The molecule has 0 aliphatic heterocycles. The van der Waals surface area contributed by atoms with E-state index < -0.39 is 5.97 Å². The van der Waals surface area contributed by atoms with E-state index in [-0.39, 0.29) is 5.69 Å². The summed E-state index contributed by atoms with van der Waals surface area (Å²) in [5, 5.41) is 8.81. The minimum Gasteiger partial charge on any atom is -0.476 e. The minimum atomic E-state index is -1.00. The maximum atomic E-state index is 10.7. The van der Waals surface area contributed by atoms with E-state index in [2.05, 4.69) is 9.97 Å². The normalized spacial score (nSPS) is 10.0. The Labute approximate surface area is 76.7 Å². The Kier molecular flexibility index (Phi) is 2.95. The summed E-state index contributed by atoms with van der Waals surface area (Å²) in [4.78, 5) is 18.8. The predicted octanol–water partition coefficient (Wildman–Crippen LogP) is 1.30. The maximum Gasteiger partial charge on any atom is 0.356 e. The summed E-state index contributed by atoms with van der Waals surface area (Å²) in [6, 6.07) is 0. The van der Waals surface area contributed by atoms with E-state index in [0.29, 0.717) is 18.5 Å². The fourth-order valence-corrected chi connectivity index (χ4v) is 1.05. The molecule has 0 amide bonds. The molecular formula is C9H12N2O2. The first-order valence-corrected chi connectivity index (χ1v) is 4.27. The van der Waals surface area contributed by atoms with Gasteiger partial charge in [-0.05, 0) is 12.8 Å². The van der Waals surface area contributed by atoms with Gasteiger partial charge in [-0.15, -0.1) is 0 Å². The molecule has 0 saturated carbocycles. The van der Waals surface area contributed by atoms with E-state index >= 15 is 0 Å². The predicted molar refractivity (Wildman–Crippen MR) is 47.7 cm³/mol. The van der Waals surface area contributed by atoms with Crippen LogP contribution < -0.4 is 0 Å². The first-order chi connectivity index (χ1) is 6.19. The lowest BCUT2D eigenvalue weighted by molar-refractivity contribution is 0.0688. The third-order valence-corrected chi connectivity index (χ3v) is 1.80. The zero-order valence-electron chi connectivity index (χ0n) is 7.74. The molecule has 0 unspecified atom stereocenters. The van der Waals surface area contributed by atoms with Crippen molar-refractivity contribution in [2.24, 2.45) is 0 Å². The summed E-state index contributed by atoms with van der Waals surface area (Å²) in [6.45, 7) is 3.78. The van der Waals surface area contributed by atoms with Crippen molar-refractivity contribution in [3.8, 4) is 0 Å². The maximum absolute atomic E-state index is 10.7. The fraction of sp³-hybridized carbons (Fsp3) is 0.444. The molecule has 0 atom stereocenters. The van der Waals surface area contributed by atoms with Gasteiger partial charge in [-0.25, -0.2) is 9.78 Å². The van der Waals surface area contributed by atoms with E-state index in [1.807, 2.05) is 13.8 Å². The summed E-state index contributed by atoms with van der Waals surface area (Å²) in [5.41, 5.74) is 1.35. The fourth-order valence-electron chi connectivity index (χ4n) is 1.05. The van der Waals surface area contributed by atoms with Crippen LogP contribution in [0.2, 0.25) is 0 Å². The highest BCUT2D eigenvalue weighted by molar-refractivity contribution is 5.86. The number of nitrogens with zero attached hydrogens (tertiary/aromatic N) is 2. The van der Waals surface area contributed by atoms with Crippen molar-refractivity contribution < 1.29 is 9.90 Å². The van der Waals surface area contributed by atoms with Crippen LogP contribution in [0.3, 0.4) is 0 Å². The molecule has 0 saturated heterocycles. The molecule has 70 valence electrons. The molecule has 13 heavy (non-hydrogen) atoms. The molecule has 0 aromatic carbocycles. The quantitative estimate of drug-likeness (QED) is 0.761. The van der Waals surface area contributed by atoms with Gasteiger partial charge in [0.15, 0.2) is 5.69 Å². The van der Waals surface area contributed by atoms with Crippen LogP contribution >= 0.6 is 0 Å². The highest BCUT2D eigenvalue weighted by Gasteiger charge is 2.12. The number of aromatic carboxylic acids is 1. The van der Waals surface area contributed by atoms with Crippen molar-refractivity contribution in [3.05, 3.63) is 23.3 Å². The van der Waals surface area contributed by atoms with Crippen molar-refractivity contribution in [2.75, 3.05) is 0 Å². The van der Waals surface area contributed by atoms with Crippen molar-refractivity contribution in [1.82, 2.24) is 9.97 Å². The van der Waals surface area contributed by atoms with Crippen LogP contribution in [0.4, 0.5) is 0 Å². The lowest BCUT2D eigenvalue weighted by atomic mass is 10.2. The largest absolute Gasteiger partial charge is 0.476 e. The molecule has 1 aromatic rings. The van der Waals surface area contributed by atoms with Crippen molar-refractivity contribution in [1.29, 1.82) is 0 Å². The van der Waals surface area contributed by atoms with Gasteiger partial charge in [0.2, 0.25) is 0 Å². The number of carboxylic acid groups (broad SMARTS) is 1. The average molecular weight is 180 g/mol. The second-order valence-electron chi connectivity index (χ2n) is 2.67. The molecule has 0 aliphatic rings. The number of carboxylic acids is 1. The van der Waals surface area contributed by atoms with Crippen LogP contribution in [0.25, 0.3) is 0 Å². The zero-order valence-corrected chi connectivity index (χ0v) is 7.74. The summed E-state index contributed by atoms with van der Waals surface area (Å²) >= 11 is 0. The summed E-state index contributed by atoms with van der Waals surface area (Å²) in [6.07, 6.45) is 2.93. The summed E-state index contributed by atoms with van der Waals surface area (Å²) in [5.74, 6) is -1.00. The Hall–Kier alpha value is -1.45. The Balaban J connectivity index is 3.18. The molecule has 0 spiro atoms. The van der Waals surface area contributed by atoms with E-state index in [4.69, 9.17) is 5.11 Å². The molecule has 4 heteroatoms. The molecule has 1 heterocycles. The van der Waals surface area contributed by atoms with E-state index in [1.165, 1.54) is 0 Å².